The van der Waals surface area contributed by atoms with Gasteiger partial charge >= 0.3 is 0 Å². The van der Waals surface area contributed by atoms with E-state index in [-0.39, 0.29) is 5.92 Å². The molecule has 21 heavy (non-hydrogen) atoms. The Hall–Kier alpha value is -2.09. The minimum Gasteiger partial charge on any atom is -0.338 e. The molecule has 0 radical (unpaired) electrons. The molecule has 2 atom stereocenters. The molecule has 2 nitrogen and oxygen atoms in total. The van der Waals surface area contributed by atoms with Crippen LogP contribution in [-0.2, 0) is 17.8 Å². The molecule has 2 aromatic rings. The van der Waals surface area contributed by atoms with Crippen molar-refractivity contribution in [3.63, 3.8) is 0 Å². The lowest BCUT2D eigenvalue weighted by Gasteiger charge is -2.29. The number of carbonyl (C=O) groups excluding carboxylic acids is 1. The van der Waals surface area contributed by atoms with Crippen molar-refractivity contribution in [2.45, 2.75) is 25.3 Å². The smallest absolute Gasteiger partial charge is 0.226 e. The molecule has 106 valence electrons. The molecule has 1 fully saturated rings. The van der Waals surface area contributed by atoms with Crippen LogP contribution in [0.4, 0.5) is 0 Å². The van der Waals surface area contributed by atoms with E-state index in [0.717, 1.165) is 25.9 Å². The van der Waals surface area contributed by atoms with Gasteiger partial charge in [0.15, 0.2) is 0 Å². The summed E-state index contributed by atoms with van der Waals surface area (Å²) in [6, 6.07) is 18.9. The summed E-state index contributed by atoms with van der Waals surface area (Å²) >= 11 is 0. The molecule has 2 aliphatic rings. The molecule has 1 heterocycles. The topological polar surface area (TPSA) is 20.3 Å². The Labute approximate surface area is 125 Å². The quantitative estimate of drug-likeness (QED) is 0.824. The molecule has 0 saturated heterocycles. The minimum atomic E-state index is 0.206. The zero-order valence-electron chi connectivity index (χ0n) is 12.0. The molecule has 0 bridgehead atoms. The minimum absolute atomic E-state index is 0.206. The van der Waals surface area contributed by atoms with Crippen molar-refractivity contribution < 1.29 is 4.79 Å². The third kappa shape index (κ3) is 2.35. The van der Waals surface area contributed by atoms with Crippen molar-refractivity contribution in [1.82, 2.24) is 4.90 Å². The Kier molecular flexibility index (Phi) is 3.03. The monoisotopic (exact) mass is 277 g/mol. The maximum Gasteiger partial charge on any atom is 0.226 e. The maximum atomic E-state index is 12.7. The van der Waals surface area contributed by atoms with E-state index in [1.54, 1.807) is 0 Å². The fourth-order valence-electron chi connectivity index (χ4n) is 3.45. The van der Waals surface area contributed by atoms with E-state index in [0.29, 0.717) is 11.8 Å². The molecule has 2 heteroatoms. The molecule has 1 amide bonds. The molecule has 1 saturated carbocycles. The van der Waals surface area contributed by atoms with Gasteiger partial charge in [-0.25, -0.2) is 0 Å². The van der Waals surface area contributed by atoms with Gasteiger partial charge in [0.25, 0.3) is 0 Å². The summed E-state index contributed by atoms with van der Waals surface area (Å²) in [7, 11) is 0. The van der Waals surface area contributed by atoms with Crippen LogP contribution in [0.15, 0.2) is 54.6 Å². The van der Waals surface area contributed by atoms with Crippen LogP contribution in [0.3, 0.4) is 0 Å². The SMILES string of the molecule is O=C([C@H]1C[C@H]1c1ccccc1)N1CCc2ccccc2C1. The number of hydrogen-bond acceptors (Lipinski definition) is 1. The zero-order chi connectivity index (χ0) is 14.2. The highest BCUT2D eigenvalue weighted by molar-refractivity contribution is 5.83. The first-order chi connectivity index (χ1) is 10.3. The van der Waals surface area contributed by atoms with Gasteiger partial charge in [0.1, 0.15) is 0 Å². The van der Waals surface area contributed by atoms with Crippen LogP contribution in [0.5, 0.6) is 0 Å². The molecule has 0 unspecified atom stereocenters. The molecule has 0 aromatic heterocycles. The number of fused-ring (bicyclic) bond motifs is 1. The second-order valence-corrected chi connectivity index (χ2v) is 6.14. The maximum absolute atomic E-state index is 12.7. The summed E-state index contributed by atoms with van der Waals surface area (Å²) in [5.74, 6) is 0.992. The van der Waals surface area contributed by atoms with Gasteiger partial charge in [-0.3, -0.25) is 4.79 Å². The highest BCUT2D eigenvalue weighted by Gasteiger charge is 2.45. The lowest BCUT2D eigenvalue weighted by Crippen LogP contribution is -2.37. The largest absolute Gasteiger partial charge is 0.338 e. The fourth-order valence-corrected chi connectivity index (χ4v) is 3.45. The van der Waals surface area contributed by atoms with Crippen LogP contribution in [0.25, 0.3) is 0 Å². The molecular formula is C19H19NO. The van der Waals surface area contributed by atoms with Gasteiger partial charge in [-0.1, -0.05) is 54.6 Å². The first-order valence-corrected chi connectivity index (χ1v) is 7.73. The van der Waals surface area contributed by atoms with E-state index in [1.165, 1.54) is 16.7 Å². The standard InChI is InChI=1S/C19H19NO/c21-19(18-12-17(18)15-7-2-1-3-8-15)20-11-10-14-6-4-5-9-16(14)13-20/h1-9,17-18H,10-13H2/t17-,18-/m0/s1. The summed E-state index contributed by atoms with van der Waals surface area (Å²) in [6.07, 6.45) is 2.01. The molecule has 0 N–H and O–H groups in total. The summed E-state index contributed by atoms with van der Waals surface area (Å²) in [4.78, 5) is 14.7. The van der Waals surface area contributed by atoms with Crippen LogP contribution < -0.4 is 0 Å². The van der Waals surface area contributed by atoms with Crippen LogP contribution in [0.2, 0.25) is 0 Å². The van der Waals surface area contributed by atoms with Crippen molar-refractivity contribution in [1.29, 1.82) is 0 Å². The lowest BCUT2D eigenvalue weighted by atomic mass is 9.99. The molecule has 1 aliphatic heterocycles. The predicted molar refractivity (Wildman–Crippen MR) is 82.9 cm³/mol. The van der Waals surface area contributed by atoms with E-state index in [1.807, 2.05) is 6.07 Å². The average molecular weight is 277 g/mol. The molecule has 4 rings (SSSR count). The number of benzene rings is 2. The number of rotatable bonds is 2. The van der Waals surface area contributed by atoms with Crippen LogP contribution in [0.1, 0.15) is 29.0 Å². The Morgan fingerprint density at radius 3 is 2.48 bits per heavy atom. The van der Waals surface area contributed by atoms with E-state index >= 15 is 0 Å². The van der Waals surface area contributed by atoms with Gasteiger partial charge in [-0.05, 0) is 35.4 Å². The normalized spacial score (nSPS) is 23.5. The molecule has 2 aromatic carbocycles. The van der Waals surface area contributed by atoms with E-state index in [4.69, 9.17) is 0 Å². The molecule has 1 aliphatic carbocycles. The molecular weight excluding hydrogens is 258 g/mol. The van der Waals surface area contributed by atoms with Gasteiger partial charge < -0.3 is 4.90 Å². The number of carbonyl (C=O) groups is 1. The first-order valence-electron chi connectivity index (χ1n) is 7.73. The van der Waals surface area contributed by atoms with Crippen molar-refractivity contribution in [3.05, 3.63) is 71.3 Å². The Morgan fingerprint density at radius 2 is 1.67 bits per heavy atom. The van der Waals surface area contributed by atoms with Gasteiger partial charge in [-0.15, -0.1) is 0 Å². The third-order valence-electron chi connectivity index (χ3n) is 4.78. The van der Waals surface area contributed by atoms with Crippen molar-refractivity contribution in [3.8, 4) is 0 Å². The summed E-state index contributed by atoms with van der Waals surface area (Å²) in [5.41, 5.74) is 4.03. The Morgan fingerprint density at radius 1 is 0.952 bits per heavy atom. The van der Waals surface area contributed by atoms with Crippen LogP contribution >= 0.6 is 0 Å². The van der Waals surface area contributed by atoms with Crippen LogP contribution in [0, 0.1) is 5.92 Å². The highest BCUT2D eigenvalue weighted by atomic mass is 16.2. The van der Waals surface area contributed by atoms with Gasteiger partial charge in [0.2, 0.25) is 5.91 Å². The van der Waals surface area contributed by atoms with Crippen molar-refractivity contribution in [2.24, 2.45) is 5.92 Å². The first kappa shape index (κ1) is 12.6. The highest BCUT2D eigenvalue weighted by Crippen LogP contribution is 2.48. The van der Waals surface area contributed by atoms with Crippen LogP contribution in [-0.4, -0.2) is 17.4 Å². The Bertz CT molecular complexity index is 664. The second kappa shape index (κ2) is 5.03. The van der Waals surface area contributed by atoms with Gasteiger partial charge in [0, 0.05) is 19.0 Å². The summed E-state index contributed by atoms with van der Waals surface area (Å²) in [5, 5.41) is 0. The zero-order valence-corrected chi connectivity index (χ0v) is 12.0. The number of amides is 1. The number of hydrogen-bond donors (Lipinski definition) is 0. The fraction of sp³-hybridized carbons (Fsp3) is 0.316. The second-order valence-electron chi connectivity index (χ2n) is 6.14. The lowest BCUT2D eigenvalue weighted by molar-refractivity contribution is -0.133. The van der Waals surface area contributed by atoms with Gasteiger partial charge in [-0.2, -0.15) is 0 Å². The van der Waals surface area contributed by atoms with Crippen molar-refractivity contribution in [2.75, 3.05) is 6.54 Å². The van der Waals surface area contributed by atoms with E-state index in [2.05, 4.69) is 53.4 Å². The van der Waals surface area contributed by atoms with Crippen molar-refractivity contribution >= 4 is 5.91 Å². The predicted octanol–water partition coefficient (Wildman–Crippen LogP) is 3.38. The summed E-state index contributed by atoms with van der Waals surface area (Å²) < 4.78 is 0. The average Bonchev–Trinajstić information content (AvgIpc) is 3.35. The van der Waals surface area contributed by atoms with E-state index < -0.39 is 0 Å². The van der Waals surface area contributed by atoms with Gasteiger partial charge in [0.05, 0.1) is 0 Å². The summed E-state index contributed by atoms with van der Waals surface area (Å²) in [6.45, 7) is 1.65. The third-order valence-corrected chi connectivity index (χ3v) is 4.78. The van der Waals surface area contributed by atoms with E-state index in [9.17, 15) is 4.79 Å². The molecule has 0 spiro atoms. The Balaban J connectivity index is 1.46. The number of nitrogens with zero attached hydrogens (tertiary/aromatic N) is 1.